The molecule has 0 aromatic heterocycles. The van der Waals surface area contributed by atoms with E-state index < -0.39 is 0 Å². The van der Waals surface area contributed by atoms with Crippen molar-refractivity contribution in [3.05, 3.63) is 29.8 Å². The van der Waals surface area contributed by atoms with E-state index in [9.17, 15) is 9.59 Å². The zero-order valence-corrected chi connectivity index (χ0v) is 14.4. The van der Waals surface area contributed by atoms with E-state index in [0.29, 0.717) is 26.0 Å². The van der Waals surface area contributed by atoms with Gasteiger partial charge in [0.2, 0.25) is 11.8 Å². The second kappa shape index (κ2) is 9.01. The number of nitrogens with one attached hydrogen (secondary N) is 2. The van der Waals surface area contributed by atoms with Crippen molar-refractivity contribution in [3.63, 3.8) is 0 Å². The molecule has 1 atom stereocenters. The summed E-state index contributed by atoms with van der Waals surface area (Å²) in [6.45, 7) is 3.53. The van der Waals surface area contributed by atoms with Crippen molar-refractivity contribution in [2.24, 2.45) is 0 Å². The largest absolute Gasteiger partial charge is 0.375 e. The molecule has 2 heterocycles. The highest BCUT2D eigenvalue weighted by atomic mass is 35.5. The molecule has 0 radical (unpaired) electrons. The molecule has 2 aliphatic heterocycles. The Kier molecular flexibility index (Phi) is 7.02. The normalized spacial score (nSPS) is 20.6. The smallest absolute Gasteiger partial charge is 0.227 e. The van der Waals surface area contributed by atoms with Crippen molar-refractivity contribution >= 4 is 29.9 Å². The molecule has 0 saturated carbocycles. The summed E-state index contributed by atoms with van der Waals surface area (Å²) < 4.78 is 5.52. The van der Waals surface area contributed by atoms with Gasteiger partial charge in [0, 0.05) is 38.3 Å². The number of amides is 2. The van der Waals surface area contributed by atoms with Gasteiger partial charge in [0.1, 0.15) is 0 Å². The van der Waals surface area contributed by atoms with Gasteiger partial charge in [-0.15, -0.1) is 12.4 Å². The predicted octanol–water partition coefficient (Wildman–Crippen LogP) is 1.23. The maximum Gasteiger partial charge on any atom is 0.227 e. The van der Waals surface area contributed by atoms with E-state index in [2.05, 4.69) is 10.6 Å². The van der Waals surface area contributed by atoms with Crippen LogP contribution < -0.4 is 15.5 Å². The van der Waals surface area contributed by atoms with E-state index in [1.165, 1.54) is 0 Å². The van der Waals surface area contributed by atoms with Gasteiger partial charge in [-0.1, -0.05) is 12.1 Å². The van der Waals surface area contributed by atoms with Crippen molar-refractivity contribution in [2.75, 3.05) is 31.1 Å². The van der Waals surface area contributed by atoms with Gasteiger partial charge in [0.05, 0.1) is 19.1 Å². The standard InChI is InChI=1S/C17H23N3O3.ClH/c21-16(10-15-12-18-7-9-23-15)19-11-13-3-5-14(6-4-13)20-8-1-2-17(20)22;/h3-6,15,18H,1-2,7-12H2,(H,19,21);1H. The van der Waals surface area contributed by atoms with Crippen LogP contribution in [0.15, 0.2) is 24.3 Å². The molecule has 3 rings (SSSR count). The Morgan fingerprint density at radius 3 is 2.75 bits per heavy atom. The summed E-state index contributed by atoms with van der Waals surface area (Å²) in [6.07, 6.45) is 1.91. The van der Waals surface area contributed by atoms with Crippen LogP contribution in [0.1, 0.15) is 24.8 Å². The molecule has 2 fully saturated rings. The number of ether oxygens (including phenoxy) is 1. The highest BCUT2D eigenvalue weighted by molar-refractivity contribution is 5.95. The third kappa shape index (κ3) is 4.93. The summed E-state index contributed by atoms with van der Waals surface area (Å²) in [4.78, 5) is 25.5. The fourth-order valence-corrected chi connectivity index (χ4v) is 2.95. The molecule has 2 aliphatic rings. The van der Waals surface area contributed by atoms with Gasteiger partial charge in [0.25, 0.3) is 0 Å². The van der Waals surface area contributed by atoms with Crippen molar-refractivity contribution in [3.8, 4) is 0 Å². The number of carbonyl (C=O) groups excluding carboxylic acids is 2. The number of rotatable bonds is 5. The van der Waals surface area contributed by atoms with Gasteiger partial charge in [-0.2, -0.15) is 0 Å². The minimum atomic E-state index is -0.0349. The van der Waals surface area contributed by atoms with Crippen LogP contribution in [0.3, 0.4) is 0 Å². The zero-order valence-electron chi connectivity index (χ0n) is 13.6. The number of hydrogen-bond donors (Lipinski definition) is 2. The maximum absolute atomic E-state index is 11.9. The van der Waals surface area contributed by atoms with Crippen molar-refractivity contribution in [2.45, 2.75) is 31.9 Å². The Bertz CT molecular complexity index is 559. The summed E-state index contributed by atoms with van der Waals surface area (Å²) >= 11 is 0. The first kappa shape index (κ1) is 18.7. The van der Waals surface area contributed by atoms with Crippen LogP contribution >= 0.6 is 12.4 Å². The zero-order chi connectivity index (χ0) is 16.1. The molecule has 6 nitrogen and oxygen atoms in total. The fraction of sp³-hybridized carbons (Fsp3) is 0.529. The molecule has 132 valence electrons. The molecule has 0 spiro atoms. The Hall–Kier alpha value is -1.63. The molecule has 0 bridgehead atoms. The minimum absolute atomic E-state index is 0. The predicted molar refractivity (Wildman–Crippen MR) is 94.4 cm³/mol. The van der Waals surface area contributed by atoms with Crippen LogP contribution in [0.5, 0.6) is 0 Å². The van der Waals surface area contributed by atoms with Crippen molar-refractivity contribution < 1.29 is 14.3 Å². The highest BCUT2D eigenvalue weighted by Crippen LogP contribution is 2.21. The molecule has 2 saturated heterocycles. The lowest BCUT2D eigenvalue weighted by atomic mass is 10.1. The monoisotopic (exact) mass is 353 g/mol. The van der Waals surface area contributed by atoms with Gasteiger partial charge < -0.3 is 20.3 Å². The number of benzene rings is 1. The van der Waals surface area contributed by atoms with Gasteiger partial charge >= 0.3 is 0 Å². The Balaban J connectivity index is 0.00000208. The van der Waals surface area contributed by atoms with Crippen molar-refractivity contribution in [1.82, 2.24) is 10.6 Å². The Morgan fingerprint density at radius 2 is 2.12 bits per heavy atom. The van der Waals surface area contributed by atoms with Gasteiger partial charge in [-0.25, -0.2) is 0 Å². The first-order valence-electron chi connectivity index (χ1n) is 8.21. The van der Waals surface area contributed by atoms with Crippen LogP contribution in [-0.4, -0.2) is 44.2 Å². The SMILES string of the molecule is Cl.O=C(CC1CNCCO1)NCc1ccc(N2CCCC2=O)cc1. The first-order valence-corrected chi connectivity index (χ1v) is 8.21. The lowest BCUT2D eigenvalue weighted by Crippen LogP contribution is -2.41. The van der Waals surface area contributed by atoms with Gasteiger partial charge in [-0.3, -0.25) is 9.59 Å². The first-order chi connectivity index (χ1) is 11.2. The fourth-order valence-electron chi connectivity index (χ4n) is 2.95. The van der Waals surface area contributed by atoms with Crippen LogP contribution in [0.2, 0.25) is 0 Å². The molecule has 0 aliphatic carbocycles. The van der Waals surface area contributed by atoms with Crippen molar-refractivity contribution in [1.29, 1.82) is 0 Å². The van der Waals surface area contributed by atoms with E-state index in [1.807, 2.05) is 29.2 Å². The molecule has 1 aromatic carbocycles. The van der Waals surface area contributed by atoms with Gasteiger partial charge in [-0.05, 0) is 24.1 Å². The summed E-state index contributed by atoms with van der Waals surface area (Å²) in [5, 5.41) is 6.13. The Morgan fingerprint density at radius 1 is 1.33 bits per heavy atom. The number of carbonyl (C=O) groups is 2. The Labute approximate surface area is 148 Å². The van der Waals surface area contributed by atoms with E-state index in [-0.39, 0.29) is 30.3 Å². The number of hydrogen-bond acceptors (Lipinski definition) is 4. The third-order valence-corrected chi connectivity index (χ3v) is 4.23. The molecular formula is C17H24ClN3O3. The third-order valence-electron chi connectivity index (χ3n) is 4.23. The summed E-state index contributed by atoms with van der Waals surface area (Å²) in [5.41, 5.74) is 1.96. The number of morpholine rings is 1. The maximum atomic E-state index is 11.9. The lowest BCUT2D eigenvalue weighted by Gasteiger charge is -2.23. The number of halogens is 1. The van der Waals surface area contributed by atoms with Crippen LogP contribution in [0.4, 0.5) is 5.69 Å². The molecule has 2 amide bonds. The van der Waals surface area contributed by atoms with E-state index >= 15 is 0 Å². The second-order valence-corrected chi connectivity index (χ2v) is 5.99. The quantitative estimate of drug-likeness (QED) is 0.835. The van der Waals surface area contributed by atoms with E-state index in [4.69, 9.17) is 4.74 Å². The molecule has 24 heavy (non-hydrogen) atoms. The molecule has 1 unspecified atom stereocenters. The van der Waals surface area contributed by atoms with Crippen LogP contribution in [-0.2, 0) is 20.9 Å². The molecular weight excluding hydrogens is 330 g/mol. The average molecular weight is 354 g/mol. The summed E-state index contributed by atoms with van der Waals surface area (Å²) in [7, 11) is 0. The molecule has 2 N–H and O–H groups in total. The summed E-state index contributed by atoms with van der Waals surface area (Å²) in [6, 6.07) is 7.80. The van der Waals surface area contributed by atoms with Gasteiger partial charge in [0.15, 0.2) is 0 Å². The number of nitrogens with zero attached hydrogens (tertiary/aromatic N) is 1. The average Bonchev–Trinajstić information content (AvgIpc) is 3.00. The van der Waals surface area contributed by atoms with E-state index in [0.717, 1.165) is 37.3 Å². The molecule has 1 aromatic rings. The second-order valence-electron chi connectivity index (χ2n) is 5.99. The van der Waals surface area contributed by atoms with E-state index in [1.54, 1.807) is 0 Å². The lowest BCUT2D eigenvalue weighted by molar-refractivity contribution is -0.124. The summed E-state index contributed by atoms with van der Waals surface area (Å²) in [5.74, 6) is 0.185. The minimum Gasteiger partial charge on any atom is -0.375 e. The molecule has 7 heteroatoms. The number of anilines is 1. The van der Waals surface area contributed by atoms with Crippen LogP contribution in [0, 0.1) is 0 Å². The van der Waals surface area contributed by atoms with Crippen LogP contribution in [0.25, 0.3) is 0 Å². The highest BCUT2D eigenvalue weighted by Gasteiger charge is 2.21. The topological polar surface area (TPSA) is 70.7 Å².